The maximum absolute atomic E-state index is 9.39. The minimum absolute atomic E-state index is 0.310. The molecule has 0 bridgehead atoms. The molecule has 3 nitrogen and oxygen atoms in total. The minimum Gasteiger partial charge on any atom is -0.508 e. The molecule has 0 fully saturated rings. The highest BCUT2D eigenvalue weighted by atomic mass is 16.3. The number of rotatable bonds is 4. The number of hydrogen-bond donors (Lipinski definition) is 2. The first-order valence-corrected chi connectivity index (χ1v) is 5.41. The first kappa shape index (κ1) is 10.8. The van der Waals surface area contributed by atoms with E-state index in [0.29, 0.717) is 12.3 Å². The van der Waals surface area contributed by atoms with E-state index in [0.717, 1.165) is 18.5 Å². The van der Waals surface area contributed by atoms with E-state index in [1.54, 1.807) is 12.1 Å². The Morgan fingerprint density at radius 1 is 1.19 bits per heavy atom. The second-order valence-electron chi connectivity index (χ2n) is 3.84. The van der Waals surface area contributed by atoms with Crippen LogP contribution in [0.25, 0.3) is 0 Å². The molecule has 2 rings (SSSR count). The van der Waals surface area contributed by atoms with Crippen LogP contribution >= 0.6 is 0 Å². The molecule has 0 spiro atoms. The van der Waals surface area contributed by atoms with Crippen molar-refractivity contribution < 1.29 is 5.11 Å². The van der Waals surface area contributed by atoms with Gasteiger partial charge in [-0.15, -0.1) is 0 Å². The summed E-state index contributed by atoms with van der Waals surface area (Å²) >= 11 is 0. The van der Waals surface area contributed by atoms with Crippen LogP contribution in [-0.4, -0.2) is 16.2 Å². The second kappa shape index (κ2) is 4.86. The Morgan fingerprint density at radius 2 is 2.06 bits per heavy atom. The number of hydrogen-bond acceptors (Lipinski definition) is 2. The highest BCUT2D eigenvalue weighted by Gasteiger charge is 2.01. The molecule has 0 saturated carbocycles. The van der Waals surface area contributed by atoms with E-state index in [9.17, 15) is 5.11 Å². The monoisotopic (exact) mass is 216 g/mol. The number of aromatic hydroxyl groups is 1. The molecular weight excluding hydrogens is 200 g/mol. The van der Waals surface area contributed by atoms with Crippen LogP contribution in [0.4, 0.5) is 0 Å². The molecule has 3 heteroatoms. The molecule has 3 N–H and O–H groups in total. The Bertz CT molecular complexity index is 462. The van der Waals surface area contributed by atoms with Crippen LogP contribution in [0.15, 0.2) is 42.6 Å². The van der Waals surface area contributed by atoms with Gasteiger partial charge in [0.05, 0.1) is 0 Å². The summed E-state index contributed by atoms with van der Waals surface area (Å²) in [5.74, 6) is 0.310. The van der Waals surface area contributed by atoms with E-state index in [1.807, 2.05) is 24.4 Å². The summed E-state index contributed by atoms with van der Waals surface area (Å²) < 4.78 is 2.15. The Labute approximate surface area is 95.1 Å². The molecule has 0 unspecified atom stereocenters. The summed E-state index contributed by atoms with van der Waals surface area (Å²) in [5, 5.41) is 9.39. The normalized spacial score (nSPS) is 10.6. The van der Waals surface area contributed by atoms with Crippen molar-refractivity contribution in [3.8, 4) is 5.75 Å². The van der Waals surface area contributed by atoms with E-state index >= 15 is 0 Å². The van der Waals surface area contributed by atoms with E-state index in [4.69, 9.17) is 5.73 Å². The maximum Gasteiger partial charge on any atom is 0.115 e. The molecule has 0 atom stereocenters. The number of benzene rings is 1. The topological polar surface area (TPSA) is 51.2 Å². The van der Waals surface area contributed by atoms with Gasteiger partial charge in [0.1, 0.15) is 5.75 Å². The Hall–Kier alpha value is -1.74. The van der Waals surface area contributed by atoms with Gasteiger partial charge in [0.2, 0.25) is 0 Å². The van der Waals surface area contributed by atoms with Gasteiger partial charge < -0.3 is 15.4 Å². The number of nitrogens with zero attached hydrogens (tertiary/aromatic N) is 1. The van der Waals surface area contributed by atoms with Gasteiger partial charge in [-0.1, -0.05) is 12.1 Å². The molecule has 16 heavy (non-hydrogen) atoms. The van der Waals surface area contributed by atoms with Crippen LogP contribution in [-0.2, 0) is 13.0 Å². The molecule has 0 amide bonds. The SMILES string of the molecule is NCCc1cccn1Cc1cccc(O)c1. The van der Waals surface area contributed by atoms with Crippen molar-refractivity contribution in [2.75, 3.05) is 6.54 Å². The van der Waals surface area contributed by atoms with E-state index in [2.05, 4.69) is 10.6 Å². The third kappa shape index (κ3) is 2.44. The number of phenolic OH excluding ortho intramolecular Hbond substituents is 1. The fraction of sp³-hybridized carbons (Fsp3) is 0.231. The summed E-state index contributed by atoms with van der Waals surface area (Å²) in [4.78, 5) is 0. The van der Waals surface area contributed by atoms with Crippen LogP contribution < -0.4 is 5.73 Å². The molecular formula is C13H16N2O. The largest absolute Gasteiger partial charge is 0.508 e. The molecule has 0 aliphatic rings. The Morgan fingerprint density at radius 3 is 2.81 bits per heavy atom. The van der Waals surface area contributed by atoms with Crippen molar-refractivity contribution in [1.29, 1.82) is 0 Å². The lowest BCUT2D eigenvalue weighted by atomic mass is 10.2. The lowest BCUT2D eigenvalue weighted by Gasteiger charge is -2.08. The highest BCUT2D eigenvalue weighted by Crippen LogP contribution is 2.13. The van der Waals surface area contributed by atoms with Crippen molar-refractivity contribution in [3.63, 3.8) is 0 Å². The summed E-state index contributed by atoms with van der Waals surface area (Å²) in [6, 6.07) is 11.4. The zero-order chi connectivity index (χ0) is 11.4. The van der Waals surface area contributed by atoms with Crippen LogP contribution in [0.1, 0.15) is 11.3 Å². The zero-order valence-corrected chi connectivity index (χ0v) is 9.13. The number of nitrogens with two attached hydrogens (primary N) is 1. The van der Waals surface area contributed by atoms with Crippen molar-refractivity contribution in [2.45, 2.75) is 13.0 Å². The van der Waals surface area contributed by atoms with Gasteiger partial charge in [0.25, 0.3) is 0 Å². The van der Waals surface area contributed by atoms with Crippen LogP contribution in [0.5, 0.6) is 5.75 Å². The number of aromatic nitrogens is 1. The smallest absolute Gasteiger partial charge is 0.115 e. The quantitative estimate of drug-likeness (QED) is 0.818. The van der Waals surface area contributed by atoms with Gasteiger partial charge in [0.15, 0.2) is 0 Å². The maximum atomic E-state index is 9.39. The first-order chi connectivity index (χ1) is 7.79. The standard InChI is InChI=1S/C13H16N2O/c14-7-6-12-4-2-8-15(12)10-11-3-1-5-13(16)9-11/h1-5,8-9,16H,6-7,10,14H2. The molecule has 1 heterocycles. The average Bonchev–Trinajstić information content (AvgIpc) is 2.66. The number of phenols is 1. The predicted molar refractivity (Wildman–Crippen MR) is 64.4 cm³/mol. The average molecular weight is 216 g/mol. The lowest BCUT2D eigenvalue weighted by Crippen LogP contribution is -2.09. The molecule has 84 valence electrons. The van der Waals surface area contributed by atoms with E-state index < -0.39 is 0 Å². The van der Waals surface area contributed by atoms with Crippen molar-refractivity contribution in [1.82, 2.24) is 4.57 Å². The molecule has 0 saturated heterocycles. The molecule has 1 aromatic carbocycles. The fourth-order valence-electron chi connectivity index (χ4n) is 1.83. The highest BCUT2D eigenvalue weighted by molar-refractivity contribution is 5.27. The van der Waals surface area contributed by atoms with Crippen LogP contribution in [0.2, 0.25) is 0 Å². The Balaban J connectivity index is 2.17. The van der Waals surface area contributed by atoms with Crippen LogP contribution in [0, 0.1) is 0 Å². The fourth-order valence-corrected chi connectivity index (χ4v) is 1.83. The molecule has 2 aromatic rings. The predicted octanol–water partition coefficient (Wildman–Crippen LogP) is 1.74. The minimum atomic E-state index is 0.310. The summed E-state index contributed by atoms with van der Waals surface area (Å²) in [6.07, 6.45) is 2.92. The zero-order valence-electron chi connectivity index (χ0n) is 9.13. The molecule has 0 aliphatic heterocycles. The van der Waals surface area contributed by atoms with Gasteiger partial charge in [-0.2, -0.15) is 0 Å². The first-order valence-electron chi connectivity index (χ1n) is 5.41. The van der Waals surface area contributed by atoms with Gasteiger partial charge in [-0.05, 0) is 42.8 Å². The second-order valence-corrected chi connectivity index (χ2v) is 3.84. The van der Waals surface area contributed by atoms with Crippen LogP contribution in [0.3, 0.4) is 0 Å². The lowest BCUT2D eigenvalue weighted by molar-refractivity contribution is 0.474. The van der Waals surface area contributed by atoms with E-state index in [1.165, 1.54) is 5.69 Å². The molecule has 0 aliphatic carbocycles. The summed E-state index contributed by atoms with van der Waals surface area (Å²) in [7, 11) is 0. The van der Waals surface area contributed by atoms with Gasteiger partial charge in [-0.25, -0.2) is 0 Å². The van der Waals surface area contributed by atoms with Crippen molar-refractivity contribution >= 4 is 0 Å². The van der Waals surface area contributed by atoms with E-state index in [-0.39, 0.29) is 0 Å². The third-order valence-electron chi connectivity index (χ3n) is 2.59. The summed E-state index contributed by atoms with van der Waals surface area (Å²) in [5.41, 5.74) is 7.87. The molecule has 0 radical (unpaired) electrons. The van der Waals surface area contributed by atoms with Gasteiger partial charge >= 0.3 is 0 Å². The van der Waals surface area contributed by atoms with Gasteiger partial charge in [-0.3, -0.25) is 0 Å². The molecule has 1 aromatic heterocycles. The summed E-state index contributed by atoms with van der Waals surface area (Å²) in [6.45, 7) is 1.43. The Kier molecular flexibility index (Phi) is 3.27. The van der Waals surface area contributed by atoms with Gasteiger partial charge in [0, 0.05) is 18.4 Å². The van der Waals surface area contributed by atoms with Crippen molar-refractivity contribution in [2.24, 2.45) is 5.73 Å². The third-order valence-corrected chi connectivity index (χ3v) is 2.59. The van der Waals surface area contributed by atoms with Crippen molar-refractivity contribution in [3.05, 3.63) is 53.9 Å².